The molecule has 2 fully saturated rings. The highest BCUT2D eigenvalue weighted by molar-refractivity contribution is 7.12. The second-order valence-electron chi connectivity index (χ2n) is 4.90. The van der Waals surface area contributed by atoms with E-state index >= 15 is 0 Å². The zero-order chi connectivity index (χ0) is 13.6. The zero-order valence-corrected chi connectivity index (χ0v) is 11.6. The minimum atomic E-state index is -0.422. The monoisotopic (exact) mass is 281 g/mol. The van der Waals surface area contributed by atoms with Gasteiger partial charge >= 0.3 is 5.97 Å². The molecule has 1 amide bonds. The van der Waals surface area contributed by atoms with Crippen LogP contribution in [0.1, 0.15) is 16.1 Å². The van der Waals surface area contributed by atoms with Crippen LogP contribution in [0.3, 0.4) is 0 Å². The lowest BCUT2D eigenvalue weighted by Gasteiger charge is -2.25. The number of esters is 1. The first-order valence-corrected chi connectivity index (χ1v) is 7.05. The molecule has 0 radical (unpaired) electrons. The lowest BCUT2D eigenvalue weighted by Crippen LogP contribution is -2.43. The predicted molar refractivity (Wildman–Crippen MR) is 69.3 cm³/mol. The van der Waals surface area contributed by atoms with Crippen molar-refractivity contribution in [2.24, 2.45) is 11.8 Å². The van der Waals surface area contributed by atoms with E-state index in [-0.39, 0.29) is 17.8 Å². The zero-order valence-electron chi connectivity index (χ0n) is 10.8. The number of nitrogens with zero attached hydrogens (tertiary/aromatic N) is 1. The number of likely N-dealkylation sites (tertiary alicyclic amines) is 1. The van der Waals surface area contributed by atoms with Crippen molar-refractivity contribution >= 4 is 23.2 Å². The molecule has 0 aromatic carbocycles. The molecule has 6 heteroatoms. The van der Waals surface area contributed by atoms with Crippen molar-refractivity contribution in [3.63, 3.8) is 0 Å². The van der Waals surface area contributed by atoms with E-state index in [0.717, 1.165) is 6.42 Å². The average molecular weight is 281 g/mol. The molecule has 2 aliphatic rings. The minimum Gasteiger partial charge on any atom is -0.495 e. The fourth-order valence-corrected chi connectivity index (χ4v) is 3.65. The lowest BCUT2D eigenvalue weighted by molar-refractivity contribution is -0.145. The molecule has 19 heavy (non-hydrogen) atoms. The molecule has 0 spiro atoms. The van der Waals surface area contributed by atoms with Gasteiger partial charge in [0.25, 0.3) is 5.91 Å². The summed E-state index contributed by atoms with van der Waals surface area (Å²) in [6.45, 7) is 0.643. The summed E-state index contributed by atoms with van der Waals surface area (Å²) in [7, 11) is 2.91. The number of hydrogen-bond donors (Lipinski definition) is 0. The molecule has 1 saturated carbocycles. The van der Waals surface area contributed by atoms with Gasteiger partial charge < -0.3 is 14.4 Å². The quantitative estimate of drug-likeness (QED) is 0.786. The van der Waals surface area contributed by atoms with Gasteiger partial charge in [0.15, 0.2) is 0 Å². The highest BCUT2D eigenvalue weighted by Crippen LogP contribution is 2.50. The number of carbonyl (C=O) groups excluding carboxylic acids is 2. The van der Waals surface area contributed by atoms with E-state index in [1.54, 1.807) is 11.0 Å². The topological polar surface area (TPSA) is 55.8 Å². The van der Waals surface area contributed by atoms with E-state index in [2.05, 4.69) is 0 Å². The van der Waals surface area contributed by atoms with Gasteiger partial charge in [-0.25, -0.2) is 4.79 Å². The van der Waals surface area contributed by atoms with E-state index < -0.39 is 6.04 Å². The van der Waals surface area contributed by atoms with Crippen LogP contribution >= 0.6 is 11.3 Å². The third-order valence-corrected chi connectivity index (χ3v) is 4.78. The molecule has 1 aromatic heterocycles. The Morgan fingerprint density at radius 3 is 2.89 bits per heavy atom. The van der Waals surface area contributed by atoms with Crippen molar-refractivity contribution < 1.29 is 19.1 Å². The number of carbonyl (C=O) groups is 2. The number of amides is 1. The molecular formula is C13H15NO4S. The molecule has 3 atom stereocenters. The number of hydrogen-bond acceptors (Lipinski definition) is 5. The van der Waals surface area contributed by atoms with Gasteiger partial charge in [0, 0.05) is 6.54 Å². The first-order valence-electron chi connectivity index (χ1n) is 6.17. The van der Waals surface area contributed by atoms with E-state index in [1.807, 2.05) is 5.38 Å². The summed E-state index contributed by atoms with van der Waals surface area (Å²) in [6.07, 6.45) is 1.02. The Morgan fingerprint density at radius 2 is 2.21 bits per heavy atom. The standard InChI is InChI=1S/C13H15NO4S/c1-17-9-3-4-19-11(9)12(15)14-6-7-5-8(7)10(14)13(16)18-2/h3-4,7-8,10H,5-6H2,1-2H3. The van der Waals surface area contributed by atoms with Gasteiger partial charge in [-0.2, -0.15) is 0 Å². The average Bonchev–Trinajstić information content (AvgIpc) is 2.90. The maximum Gasteiger partial charge on any atom is 0.328 e. The maximum absolute atomic E-state index is 12.5. The fourth-order valence-electron chi connectivity index (χ4n) is 2.84. The third kappa shape index (κ3) is 1.90. The number of thiophene rings is 1. The van der Waals surface area contributed by atoms with Crippen LogP contribution in [0.15, 0.2) is 11.4 Å². The highest BCUT2D eigenvalue weighted by atomic mass is 32.1. The van der Waals surface area contributed by atoms with Crippen LogP contribution in [-0.2, 0) is 9.53 Å². The largest absolute Gasteiger partial charge is 0.495 e. The van der Waals surface area contributed by atoms with E-state index in [1.165, 1.54) is 25.6 Å². The Labute approximate surface area is 115 Å². The molecule has 3 rings (SSSR count). The van der Waals surface area contributed by atoms with E-state index in [0.29, 0.717) is 23.1 Å². The van der Waals surface area contributed by atoms with Crippen LogP contribution < -0.4 is 4.74 Å². The molecule has 1 aromatic rings. The molecule has 3 unspecified atom stereocenters. The van der Waals surface area contributed by atoms with Crippen molar-refractivity contribution in [1.82, 2.24) is 4.90 Å². The van der Waals surface area contributed by atoms with Crippen molar-refractivity contribution in [2.75, 3.05) is 20.8 Å². The Hall–Kier alpha value is -1.56. The van der Waals surface area contributed by atoms with Gasteiger partial charge in [-0.15, -0.1) is 11.3 Å². The van der Waals surface area contributed by atoms with Crippen LogP contribution in [0.2, 0.25) is 0 Å². The van der Waals surface area contributed by atoms with Crippen LogP contribution in [0, 0.1) is 11.8 Å². The minimum absolute atomic E-state index is 0.130. The van der Waals surface area contributed by atoms with Gasteiger partial charge in [0.1, 0.15) is 16.7 Å². The molecule has 1 aliphatic carbocycles. The highest BCUT2D eigenvalue weighted by Gasteiger charge is 2.57. The summed E-state index contributed by atoms with van der Waals surface area (Å²) >= 11 is 1.34. The summed E-state index contributed by atoms with van der Waals surface area (Å²) < 4.78 is 10.00. The predicted octanol–water partition coefficient (Wildman–Crippen LogP) is 1.39. The first-order chi connectivity index (χ1) is 9.17. The molecule has 0 bridgehead atoms. The van der Waals surface area contributed by atoms with Gasteiger partial charge in [0.2, 0.25) is 0 Å². The van der Waals surface area contributed by atoms with Gasteiger partial charge in [-0.1, -0.05) is 0 Å². The summed E-state index contributed by atoms with van der Waals surface area (Å²) in [5.41, 5.74) is 0. The van der Waals surface area contributed by atoms with Crippen LogP contribution in [0.25, 0.3) is 0 Å². The van der Waals surface area contributed by atoms with E-state index in [4.69, 9.17) is 9.47 Å². The summed E-state index contributed by atoms with van der Waals surface area (Å²) in [5, 5.41) is 1.82. The van der Waals surface area contributed by atoms with Gasteiger partial charge in [-0.3, -0.25) is 4.79 Å². The second kappa shape index (κ2) is 4.52. The Balaban J connectivity index is 1.85. The lowest BCUT2D eigenvalue weighted by atomic mass is 10.2. The Kier molecular flexibility index (Phi) is 2.97. The van der Waals surface area contributed by atoms with Crippen molar-refractivity contribution in [2.45, 2.75) is 12.5 Å². The van der Waals surface area contributed by atoms with Gasteiger partial charge in [0.05, 0.1) is 14.2 Å². The molecular weight excluding hydrogens is 266 g/mol. The normalized spacial score (nSPS) is 27.9. The number of fused-ring (bicyclic) bond motifs is 1. The maximum atomic E-state index is 12.5. The number of methoxy groups -OCH3 is 2. The fraction of sp³-hybridized carbons (Fsp3) is 0.538. The summed E-state index contributed by atoms with van der Waals surface area (Å²) in [6, 6.07) is 1.34. The Morgan fingerprint density at radius 1 is 1.42 bits per heavy atom. The smallest absolute Gasteiger partial charge is 0.328 e. The number of piperidine rings is 1. The molecule has 1 aliphatic heterocycles. The van der Waals surface area contributed by atoms with Gasteiger partial charge in [-0.05, 0) is 29.7 Å². The van der Waals surface area contributed by atoms with Crippen LogP contribution in [0.4, 0.5) is 0 Å². The third-order valence-electron chi connectivity index (χ3n) is 3.90. The Bertz CT molecular complexity index is 526. The van der Waals surface area contributed by atoms with E-state index in [9.17, 15) is 9.59 Å². The van der Waals surface area contributed by atoms with Crippen LogP contribution in [-0.4, -0.2) is 43.6 Å². The first kappa shape index (κ1) is 12.5. The molecule has 1 saturated heterocycles. The number of rotatable bonds is 3. The summed E-state index contributed by atoms with van der Waals surface area (Å²) in [4.78, 5) is 26.6. The SMILES string of the molecule is COC(=O)C1C2CC2CN1C(=O)c1sccc1OC. The molecule has 102 valence electrons. The molecule has 5 nitrogen and oxygen atoms in total. The van der Waals surface area contributed by atoms with Crippen molar-refractivity contribution in [1.29, 1.82) is 0 Å². The number of ether oxygens (including phenoxy) is 2. The van der Waals surface area contributed by atoms with Crippen LogP contribution in [0.5, 0.6) is 5.75 Å². The van der Waals surface area contributed by atoms with Crippen molar-refractivity contribution in [3.8, 4) is 5.75 Å². The summed E-state index contributed by atoms with van der Waals surface area (Å²) in [5.74, 6) is 0.865. The van der Waals surface area contributed by atoms with Crippen molar-refractivity contribution in [3.05, 3.63) is 16.3 Å². The second-order valence-corrected chi connectivity index (χ2v) is 5.82. The molecule has 2 heterocycles. The molecule has 0 N–H and O–H groups in total.